The number of hydrogen-bond acceptors (Lipinski definition) is 4. The highest BCUT2D eigenvalue weighted by Crippen LogP contribution is 2.09. The van der Waals surface area contributed by atoms with Gasteiger partial charge in [-0.05, 0) is 37.7 Å². The van der Waals surface area contributed by atoms with E-state index in [0.29, 0.717) is 19.4 Å². The number of hydrogen-bond donors (Lipinski definition) is 2. The van der Waals surface area contributed by atoms with Crippen LogP contribution in [0.25, 0.3) is 0 Å². The van der Waals surface area contributed by atoms with Gasteiger partial charge in [-0.2, -0.15) is 11.8 Å². The number of rotatable bonds is 7. The van der Waals surface area contributed by atoms with Gasteiger partial charge in [0, 0.05) is 26.1 Å². The molecule has 1 heterocycles. The van der Waals surface area contributed by atoms with Gasteiger partial charge in [-0.15, -0.1) is 12.4 Å². The van der Waals surface area contributed by atoms with E-state index in [0.717, 1.165) is 31.7 Å². The lowest BCUT2D eigenvalue weighted by atomic mass is 10.1. The molecule has 1 aliphatic rings. The lowest BCUT2D eigenvalue weighted by Gasteiger charge is -2.26. The smallest absolute Gasteiger partial charge is 0.236 e. The highest BCUT2D eigenvalue weighted by Gasteiger charge is 2.17. The van der Waals surface area contributed by atoms with Gasteiger partial charge in [0.15, 0.2) is 0 Å². The molecule has 1 atom stereocenters. The van der Waals surface area contributed by atoms with E-state index in [2.05, 4.69) is 5.32 Å². The molecule has 0 aromatic rings. The van der Waals surface area contributed by atoms with Gasteiger partial charge < -0.3 is 16.0 Å². The van der Waals surface area contributed by atoms with E-state index in [1.165, 1.54) is 6.42 Å². The van der Waals surface area contributed by atoms with E-state index in [-0.39, 0.29) is 24.2 Å². The minimum absolute atomic E-state index is 0. The number of nitrogens with one attached hydrogen (secondary N) is 1. The van der Waals surface area contributed by atoms with Crippen LogP contribution in [0.15, 0.2) is 0 Å². The van der Waals surface area contributed by atoms with Gasteiger partial charge in [0.25, 0.3) is 0 Å². The van der Waals surface area contributed by atoms with Crippen LogP contribution in [0.2, 0.25) is 0 Å². The first-order valence-corrected chi connectivity index (χ1v) is 8.34. The number of carbonyl (C=O) groups is 2. The Balaban J connectivity index is 0.00000361. The summed E-state index contributed by atoms with van der Waals surface area (Å²) in [4.78, 5) is 25.4. The van der Waals surface area contributed by atoms with Crippen LogP contribution in [0.1, 0.15) is 32.1 Å². The minimum Gasteiger partial charge on any atom is -0.354 e. The third-order valence-electron chi connectivity index (χ3n) is 3.32. The topological polar surface area (TPSA) is 75.4 Å². The Hall–Kier alpha value is -0.460. The van der Waals surface area contributed by atoms with Crippen LogP contribution in [0.5, 0.6) is 0 Å². The molecule has 118 valence electrons. The zero-order valence-electron chi connectivity index (χ0n) is 12.1. The molecule has 0 aromatic carbocycles. The first-order valence-electron chi connectivity index (χ1n) is 6.95. The maximum absolute atomic E-state index is 11.9. The summed E-state index contributed by atoms with van der Waals surface area (Å²) < 4.78 is 0. The highest BCUT2D eigenvalue weighted by atomic mass is 35.5. The van der Waals surface area contributed by atoms with Crippen LogP contribution >= 0.6 is 24.2 Å². The van der Waals surface area contributed by atoms with Crippen LogP contribution < -0.4 is 11.1 Å². The fraction of sp³-hybridized carbons (Fsp3) is 0.846. The molecule has 0 bridgehead atoms. The molecule has 1 saturated heterocycles. The lowest BCUT2D eigenvalue weighted by Crippen LogP contribution is -2.43. The summed E-state index contributed by atoms with van der Waals surface area (Å²) in [6, 6.07) is -0.461. The van der Waals surface area contributed by atoms with E-state index in [9.17, 15) is 9.59 Å². The Morgan fingerprint density at radius 2 is 1.95 bits per heavy atom. The molecule has 0 saturated carbocycles. The van der Waals surface area contributed by atoms with E-state index in [1.807, 2.05) is 11.2 Å². The summed E-state index contributed by atoms with van der Waals surface area (Å²) in [5, 5.41) is 2.74. The molecule has 0 unspecified atom stereocenters. The van der Waals surface area contributed by atoms with Crippen molar-refractivity contribution in [2.45, 2.75) is 38.1 Å². The standard InChI is InChI=1S/C13H25N3O2S.ClH/c1-19-10-6-11(14)13(18)15-7-5-12(17)16-8-3-2-4-9-16;/h11H,2-10,14H2,1H3,(H,15,18);1H/t11-;/m0./s1. The summed E-state index contributed by atoms with van der Waals surface area (Å²) in [6.07, 6.45) is 6.44. The van der Waals surface area contributed by atoms with Crippen LogP contribution in [0.4, 0.5) is 0 Å². The molecule has 0 aromatic heterocycles. The number of thioether (sulfide) groups is 1. The molecular weight excluding hydrogens is 298 g/mol. The molecule has 1 aliphatic heterocycles. The Kier molecular flexibility index (Phi) is 11.0. The average Bonchev–Trinajstić information content (AvgIpc) is 2.45. The zero-order chi connectivity index (χ0) is 14.1. The maximum atomic E-state index is 11.9. The molecule has 5 nitrogen and oxygen atoms in total. The molecule has 1 rings (SSSR count). The number of halogens is 1. The van der Waals surface area contributed by atoms with E-state index >= 15 is 0 Å². The molecule has 3 N–H and O–H groups in total. The molecule has 0 aliphatic carbocycles. The Bertz CT molecular complexity index is 299. The molecular formula is C13H26ClN3O2S. The number of carbonyl (C=O) groups excluding carboxylic acids is 2. The average molecular weight is 324 g/mol. The van der Waals surface area contributed by atoms with Crippen molar-refractivity contribution in [2.24, 2.45) is 5.73 Å². The predicted octanol–water partition coefficient (Wildman–Crippen LogP) is 1.01. The van der Waals surface area contributed by atoms with Crippen molar-refractivity contribution >= 4 is 36.0 Å². The summed E-state index contributed by atoms with van der Waals surface area (Å²) >= 11 is 1.67. The summed E-state index contributed by atoms with van der Waals surface area (Å²) in [5.41, 5.74) is 5.74. The van der Waals surface area contributed by atoms with E-state index in [1.54, 1.807) is 11.8 Å². The SMILES string of the molecule is CSCC[C@H](N)C(=O)NCCC(=O)N1CCCCC1.Cl. The van der Waals surface area contributed by atoms with Crippen molar-refractivity contribution in [3.63, 3.8) is 0 Å². The predicted molar refractivity (Wildman–Crippen MR) is 86.3 cm³/mol. The monoisotopic (exact) mass is 323 g/mol. The van der Waals surface area contributed by atoms with Crippen LogP contribution in [-0.4, -0.2) is 54.4 Å². The van der Waals surface area contributed by atoms with Crippen molar-refractivity contribution in [3.05, 3.63) is 0 Å². The quantitative estimate of drug-likeness (QED) is 0.733. The van der Waals surface area contributed by atoms with Gasteiger partial charge in [-0.25, -0.2) is 0 Å². The van der Waals surface area contributed by atoms with Gasteiger partial charge in [0.05, 0.1) is 6.04 Å². The van der Waals surface area contributed by atoms with Crippen molar-refractivity contribution in [1.82, 2.24) is 10.2 Å². The van der Waals surface area contributed by atoms with Gasteiger partial charge in [0.2, 0.25) is 11.8 Å². The molecule has 1 fully saturated rings. The lowest BCUT2D eigenvalue weighted by molar-refractivity contribution is -0.132. The van der Waals surface area contributed by atoms with E-state index in [4.69, 9.17) is 5.73 Å². The number of nitrogens with two attached hydrogens (primary N) is 1. The van der Waals surface area contributed by atoms with Crippen LogP contribution in [-0.2, 0) is 9.59 Å². The molecule has 2 amide bonds. The normalized spacial score (nSPS) is 16.2. The van der Waals surface area contributed by atoms with Crippen LogP contribution in [0, 0.1) is 0 Å². The maximum Gasteiger partial charge on any atom is 0.236 e. The van der Waals surface area contributed by atoms with Gasteiger partial charge >= 0.3 is 0 Å². The number of likely N-dealkylation sites (tertiary alicyclic amines) is 1. The minimum atomic E-state index is -0.461. The fourth-order valence-corrected chi connectivity index (χ4v) is 2.59. The highest BCUT2D eigenvalue weighted by molar-refractivity contribution is 7.98. The second kappa shape index (κ2) is 11.2. The van der Waals surface area contributed by atoms with Crippen molar-refractivity contribution in [3.8, 4) is 0 Å². The zero-order valence-corrected chi connectivity index (χ0v) is 13.7. The largest absolute Gasteiger partial charge is 0.354 e. The molecule has 0 spiro atoms. The second-order valence-electron chi connectivity index (χ2n) is 4.87. The molecule has 7 heteroatoms. The number of piperidine rings is 1. The van der Waals surface area contributed by atoms with E-state index < -0.39 is 6.04 Å². The molecule has 20 heavy (non-hydrogen) atoms. The Labute approximate surface area is 131 Å². The van der Waals surface area contributed by atoms with Crippen molar-refractivity contribution in [2.75, 3.05) is 31.6 Å². The first kappa shape index (κ1) is 19.5. The summed E-state index contributed by atoms with van der Waals surface area (Å²) in [6.45, 7) is 2.11. The van der Waals surface area contributed by atoms with Gasteiger partial charge in [0.1, 0.15) is 0 Å². The summed E-state index contributed by atoms with van der Waals surface area (Å²) in [5.74, 6) is 0.861. The number of amides is 2. The van der Waals surface area contributed by atoms with Crippen molar-refractivity contribution < 1.29 is 9.59 Å². The first-order chi connectivity index (χ1) is 9.15. The summed E-state index contributed by atoms with van der Waals surface area (Å²) in [7, 11) is 0. The molecule has 0 radical (unpaired) electrons. The second-order valence-corrected chi connectivity index (χ2v) is 5.86. The van der Waals surface area contributed by atoms with Gasteiger partial charge in [-0.1, -0.05) is 0 Å². The fourth-order valence-electron chi connectivity index (χ4n) is 2.10. The third kappa shape index (κ3) is 7.36. The Morgan fingerprint density at radius 3 is 2.55 bits per heavy atom. The number of nitrogens with zero attached hydrogens (tertiary/aromatic N) is 1. The van der Waals surface area contributed by atoms with Crippen LogP contribution in [0.3, 0.4) is 0 Å². The third-order valence-corrected chi connectivity index (χ3v) is 3.96. The Morgan fingerprint density at radius 1 is 1.30 bits per heavy atom. The van der Waals surface area contributed by atoms with Crippen molar-refractivity contribution in [1.29, 1.82) is 0 Å². The van der Waals surface area contributed by atoms with Gasteiger partial charge in [-0.3, -0.25) is 9.59 Å².